The van der Waals surface area contributed by atoms with Crippen LogP contribution in [0.2, 0.25) is 0 Å². The fraction of sp³-hybridized carbons (Fsp3) is 0.333. The van der Waals surface area contributed by atoms with E-state index < -0.39 is 0 Å². The lowest BCUT2D eigenvalue weighted by Crippen LogP contribution is -2.24. The Balaban J connectivity index is 2.02. The number of rotatable bonds is 6. The van der Waals surface area contributed by atoms with Gasteiger partial charge in [-0.05, 0) is 49.2 Å². The van der Waals surface area contributed by atoms with Gasteiger partial charge in [0.2, 0.25) is 0 Å². The second kappa shape index (κ2) is 7.11. The summed E-state index contributed by atoms with van der Waals surface area (Å²) < 4.78 is 5.91. The number of likely N-dealkylation sites (N-methyl/N-ethyl adjacent to an activating group) is 1. The topological polar surface area (TPSA) is 21.3 Å². The van der Waals surface area contributed by atoms with Crippen molar-refractivity contribution in [3.63, 3.8) is 0 Å². The zero-order chi connectivity index (χ0) is 14.4. The highest BCUT2D eigenvalue weighted by atomic mass is 16.5. The Morgan fingerprint density at radius 3 is 2.35 bits per heavy atom. The highest BCUT2D eigenvalue weighted by molar-refractivity contribution is 5.30. The zero-order valence-corrected chi connectivity index (χ0v) is 12.5. The minimum atomic E-state index is 0.210. The highest BCUT2D eigenvalue weighted by Gasteiger charge is 2.12. The Hall–Kier alpha value is -1.80. The van der Waals surface area contributed by atoms with E-state index in [4.69, 9.17) is 4.74 Å². The van der Waals surface area contributed by atoms with E-state index in [1.165, 1.54) is 16.7 Å². The van der Waals surface area contributed by atoms with Gasteiger partial charge in [-0.3, -0.25) is 0 Å². The first-order valence-corrected chi connectivity index (χ1v) is 7.19. The summed E-state index contributed by atoms with van der Waals surface area (Å²) in [6.45, 7) is 4.92. The molecule has 1 atom stereocenters. The second-order valence-corrected chi connectivity index (χ2v) is 5.01. The van der Waals surface area contributed by atoms with Gasteiger partial charge in [0.25, 0.3) is 0 Å². The monoisotopic (exact) mass is 269 g/mol. The third kappa shape index (κ3) is 3.61. The quantitative estimate of drug-likeness (QED) is 0.859. The first kappa shape index (κ1) is 14.6. The predicted octanol–water partition coefficient (Wildman–Crippen LogP) is 3.90. The molecule has 20 heavy (non-hydrogen) atoms. The van der Waals surface area contributed by atoms with Crippen LogP contribution >= 0.6 is 0 Å². The molecule has 0 aromatic heterocycles. The first-order valence-electron chi connectivity index (χ1n) is 7.19. The van der Waals surface area contributed by atoms with E-state index in [2.05, 4.69) is 55.6 Å². The molecule has 0 aliphatic rings. The summed E-state index contributed by atoms with van der Waals surface area (Å²) in [6.07, 6.45) is 1.06. The van der Waals surface area contributed by atoms with Crippen LogP contribution in [0.25, 0.3) is 0 Å². The van der Waals surface area contributed by atoms with Crippen LogP contribution in [0.1, 0.15) is 29.7 Å². The minimum absolute atomic E-state index is 0.210. The molecular formula is C18H23NO. The first-order chi connectivity index (χ1) is 9.74. The molecule has 0 fully saturated rings. The van der Waals surface area contributed by atoms with Gasteiger partial charge in [-0.1, -0.05) is 43.3 Å². The van der Waals surface area contributed by atoms with E-state index in [1.807, 2.05) is 19.2 Å². The van der Waals surface area contributed by atoms with E-state index in [0.29, 0.717) is 6.61 Å². The fourth-order valence-corrected chi connectivity index (χ4v) is 2.31. The second-order valence-electron chi connectivity index (χ2n) is 5.01. The Labute approximate surface area is 121 Å². The molecule has 1 unspecified atom stereocenters. The molecule has 2 aromatic carbocycles. The van der Waals surface area contributed by atoms with Crippen molar-refractivity contribution in [3.05, 3.63) is 65.2 Å². The maximum Gasteiger partial charge on any atom is 0.119 e. The SMILES string of the molecule is CCc1ccc(OCC(NC)c2ccccc2C)cc1. The van der Waals surface area contributed by atoms with Crippen LogP contribution in [-0.2, 0) is 6.42 Å². The number of nitrogens with one attached hydrogen (secondary N) is 1. The van der Waals surface area contributed by atoms with Gasteiger partial charge in [-0.2, -0.15) is 0 Å². The molecule has 0 aliphatic heterocycles. The molecule has 2 rings (SSSR count). The molecule has 0 amide bonds. The van der Waals surface area contributed by atoms with Gasteiger partial charge in [0, 0.05) is 0 Å². The molecule has 106 valence electrons. The van der Waals surface area contributed by atoms with Crippen LogP contribution in [0.5, 0.6) is 5.75 Å². The molecule has 2 heteroatoms. The summed E-state index contributed by atoms with van der Waals surface area (Å²) in [6, 6.07) is 17.0. The number of benzene rings is 2. The van der Waals surface area contributed by atoms with Crippen molar-refractivity contribution in [2.24, 2.45) is 0 Å². The lowest BCUT2D eigenvalue weighted by atomic mass is 10.0. The van der Waals surface area contributed by atoms with Crippen molar-refractivity contribution < 1.29 is 4.74 Å². The molecule has 2 nitrogen and oxygen atoms in total. The largest absolute Gasteiger partial charge is 0.492 e. The Bertz CT molecular complexity index is 533. The van der Waals surface area contributed by atoms with E-state index in [9.17, 15) is 0 Å². The van der Waals surface area contributed by atoms with Gasteiger partial charge < -0.3 is 10.1 Å². The Morgan fingerprint density at radius 2 is 1.75 bits per heavy atom. The van der Waals surface area contributed by atoms with E-state index in [-0.39, 0.29) is 6.04 Å². The van der Waals surface area contributed by atoms with Crippen molar-refractivity contribution in [3.8, 4) is 5.75 Å². The van der Waals surface area contributed by atoms with Gasteiger partial charge in [-0.15, -0.1) is 0 Å². The molecule has 0 radical (unpaired) electrons. The van der Waals surface area contributed by atoms with Crippen molar-refractivity contribution >= 4 is 0 Å². The van der Waals surface area contributed by atoms with Crippen LogP contribution < -0.4 is 10.1 Å². The normalized spacial score (nSPS) is 12.2. The van der Waals surface area contributed by atoms with Crippen LogP contribution in [-0.4, -0.2) is 13.7 Å². The lowest BCUT2D eigenvalue weighted by molar-refractivity contribution is 0.272. The minimum Gasteiger partial charge on any atom is -0.492 e. The maximum absolute atomic E-state index is 5.91. The summed E-state index contributed by atoms with van der Waals surface area (Å²) in [5, 5.41) is 3.33. The van der Waals surface area contributed by atoms with Crippen molar-refractivity contribution in [2.75, 3.05) is 13.7 Å². The third-order valence-electron chi connectivity index (χ3n) is 3.66. The van der Waals surface area contributed by atoms with Crippen LogP contribution in [0, 0.1) is 6.92 Å². The molecule has 0 spiro atoms. The number of hydrogen-bond acceptors (Lipinski definition) is 2. The molecule has 0 bridgehead atoms. The molecular weight excluding hydrogens is 246 g/mol. The van der Waals surface area contributed by atoms with Crippen LogP contribution in [0.3, 0.4) is 0 Å². The highest BCUT2D eigenvalue weighted by Crippen LogP contribution is 2.19. The number of ether oxygens (including phenoxy) is 1. The van der Waals surface area contributed by atoms with Crippen molar-refractivity contribution in [1.29, 1.82) is 0 Å². The predicted molar refractivity (Wildman–Crippen MR) is 84.3 cm³/mol. The van der Waals surface area contributed by atoms with Crippen LogP contribution in [0.4, 0.5) is 0 Å². The summed E-state index contributed by atoms with van der Waals surface area (Å²) >= 11 is 0. The van der Waals surface area contributed by atoms with Gasteiger partial charge in [0.15, 0.2) is 0 Å². The zero-order valence-electron chi connectivity index (χ0n) is 12.5. The Morgan fingerprint density at radius 1 is 1.05 bits per heavy atom. The van der Waals surface area contributed by atoms with Crippen molar-refractivity contribution in [1.82, 2.24) is 5.32 Å². The molecule has 2 aromatic rings. The fourth-order valence-electron chi connectivity index (χ4n) is 2.31. The number of hydrogen-bond donors (Lipinski definition) is 1. The van der Waals surface area contributed by atoms with E-state index in [0.717, 1.165) is 12.2 Å². The molecule has 0 saturated heterocycles. The van der Waals surface area contributed by atoms with E-state index in [1.54, 1.807) is 0 Å². The average molecular weight is 269 g/mol. The van der Waals surface area contributed by atoms with E-state index >= 15 is 0 Å². The maximum atomic E-state index is 5.91. The van der Waals surface area contributed by atoms with Crippen LogP contribution in [0.15, 0.2) is 48.5 Å². The number of aryl methyl sites for hydroxylation is 2. The van der Waals surface area contributed by atoms with Gasteiger partial charge in [0.05, 0.1) is 6.04 Å². The summed E-state index contributed by atoms with van der Waals surface area (Å²) in [5.74, 6) is 0.927. The lowest BCUT2D eigenvalue weighted by Gasteiger charge is -2.19. The van der Waals surface area contributed by atoms with Gasteiger partial charge in [0.1, 0.15) is 12.4 Å². The molecule has 0 saturated carbocycles. The Kier molecular flexibility index (Phi) is 5.19. The summed E-state index contributed by atoms with van der Waals surface area (Å²) in [7, 11) is 1.97. The van der Waals surface area contributed by atoms with Gasteiger partial charge in [-0.25, -0.2) is 0 Å². The summed E-state index contributed by atoms with van der Waals surface area (Å²) in [4.78, 5) is 0. The smallest absolute Gasteiger partial charge is 0.119 e. The van der Waals surface area contributed by atoms with Crippen molar-refractivity contribution in [2.45, 2.75) is 26.3 Å². The standard InChI is InChI=1S/C18H23NO/c1-4-15-9-11-16(12-10-15)20-13-18(19-3)17-8-6-5-7-14(17)2/h5-12,18-19H,4,13H2,1-3H3. The average Bonchev–Trinajstić information content (AvgIpc) is 2.50. The third-order valence-corrected chi connectivity index (χ3v) is 3.66. The summed E-state index contributed by atoms with van der Waals surface area (Å²) in [5.41, 5.74) is 3.92. The molecule has 1 N–H and O–H groups in total. The molecule has 0 heterocycles. The molecule has 0 aliphatic carbocycles. The van der Waals surface area contributed by atoms with Gasteiger partial charge >= 0.3 is 0 Å².